The smallest absolute Gasteiger partial charge is 0.372 e. The van der Waals surface area contributed by atoms with Gasteiger partial charge in [-0.05, 0) is 72.4 Å². The summed E-state index contributed by atoms with van der Waals surface area (Å²) < 4.78 is 128. The highest BCUT2D eigenvalue weighted by Gasteiger charge is 2.37. The lowest BCUT2D eigenvalue weighted by Crippen LogP contribution is -2.29. The molecule has 14 heteroatoms. The van der Waals surface area contributed by atoms with Crippen LogP contribution in [0.25, 0.3) is 0 Å². The number of hydrogen-bond donors (Lipinski definition) is 0. The zero-order valence-corrected chi connectivity index (χ0v) is 22.7. The predicted octanol–water partition coefficient (Wildman–Crippen LogP) is 8.58. The van der Waals surface area contributed by atoms with Gasteiger partial charge in [0.15, 0.2) is 0 Å². The van der Waals surface area contributed by atoms with E-state index in [9.17, 15) is 39.5 Å². The maximum Gasteiger partial charge on any atom is 0.416 e. The van der Waals surface area contributed by atoms with Gasteiger partial charge in [-0.3, -0.25) is 0 Å². The van der Waals surface area contributed by atoms with Crippen molar-refractivity contribution in [3.05, 3.63) is 69.6 Å². The predicted molar refractivity (Wildman–Crippen MR) is 134 cm³/mol. The van der Waals surface area contributed by atoms with E-state index in [1.165, 1.54) is 24.8 Å². The fourth-order valence-corrected chi connectivity index (χ4v) is 4.41. The van der Waals surface area contributed by atoms with E-state index in [-0.39, 0.29) is 35.6 Å². The molecule has 0 unspecified atom stereocenters. The molecule has 0 amide bonds. The molecule has 0 atom stereocenters. The van der Waals surface area contributed by atoms with Crippen LogP contribution in [-0.4, -0.2) is 23.2 Å². The Morgan fingerprint density at radius 3 is 1.83 bits per heavy atom. The molecular weight excluding hydrogens is 567 g/mol. The summed E-state index contributed by atoms with van der Waals surface area (Å²) in [5, 5.41) is 3.74. The highest BCUT2D eigenvalue weighted by atomic mass is 19.4. The number of aryl methyl sites for hydroxylation is 2. The first-order chi connectivity index (χ1) is 18.9. The van der Waals surface area contributed by atoms with Gasteiger partial charge in [0.05, 0.1) is 16.7 Å². The Hall–Kier alpha value is -3.45. The van der Waals surface area contributed by atoms with Crippen LogP contribution in [0.3, 0.4) is 0 Å². The fraction of sp³-hybridized carbons (Fsp3) is 0.481. The van der Waals surface area contributed by atoms with Gasteiger partial charge in [-0.1, -0.05) is 13.3 Å². The number of hydrogen-bond acceptors (Lipinski definition) is 5. The number of anilines is 2. The van der Waals surface area contributed by atoms with Crippen LogP contribution in [-0.2, 0) is 31.6 Å². The van der Waals surface area contributed by atoms with E-state index < -0.39 is 47.3 Å². The van der Waals surface area contributed by atoms with Crippen molar-refractivity contribution in [3.8, 4) is 0 Å². The van der Waals surface area contributed by atoms with Crippen LogP contribution < -0.4 is 9.80 Å². The average Bonchev–Trinajstić information content (AvgIpc) is 3.29. The van der Waals surface area contributed by atoms with Crippen LogP contribution in [0.5, 0.6) is 0 Å². The molecule has 1 heterocycles. The van der Waals surface area contributed by atoms with Crippen molar-refractivity contribution in [2.24, 2.45) is 0 Å². The first-order valence-electron chi connectivity index (χ1n) is 12.7. The second kappa shape index (κ2) is 12.2. The van der Waals surface area contributed by atoms with Crippen LogP contribution >= 0.6 is 0 Å². The van der Waals surface area contributed by atoms with Gasteiger partial charge < -0.3 is 14.3 Å². The van der Waals surface area contributed by atoms with Crippen LogP contribution in [0.1, 0.15) is 66.0 Å². The third-order valence-electron chi connectivity index (χ3n) is 6.42. The Morgan fingerprint density at radius 2 is 1.37 bits per heavy atom. The number of nitrogens with zero attached hydrogens (tertiary/aromatic N) is 4. The first-order valence-corrected chi connectivity index (χ1v) is 12.7. The van der Waals surface area contributed by atoms with E-state index in [4.69, 9.17) is 4.52 Å². The molecule has 0 spiro atoms. The summed E-state index contributed by atoms with van der Waals surface area (Å²) >= 11 is 0. The molecule has 226 valence electrons. The summed E-state index contributed by atoms with van der Waals surface area (Å²) in [6.07, 6.45) is -13.3. The largest absolute Gasteiger partial charge is 0.416 e. The van der Waals surface area contributed by atoms with Crippen LogP contribution in [0, 0.1) is 13.8 Å². The minimum absolute atomic E-state index is 0.00683. The van der Waals surface area contributed by atoms with Crippen molar-refractivity contribution in [2.75, 3.05) is 22.9 Å². The SMILES string of the molecule is CCCCN(CC)c1cc(C)c(C(F)(F)F)cc1CN(Cc1cc(C(F)(F)F)cc(C(F)(F)F)c1)c1noc(C)n1. The Kier molecular flexibility index (Phi) is 9.54. The van der Waals surface area contributed by atoms with Gasteiger partial charge in [0.2, 0.25) is 5.89 Å². The standard InChI is InChI=1S/C27H29F9N4O/c1-5-7-8-39(6-2)23-9-16(3)22(27(34,35)36)12-19(23)15-40(24-37-17(4)41-38-24)14-18-10-20(25(28,29)30)13-21(11-18)26(31,32)33/h9-13H,5-8,14-15H2,1-4H3. The summed E-state index contributed by atoms with van der Waals surface area (Å²) in [6, 6.07) is 3.47. The number of halogens is 9. The molecule has 0 saturated carbocycles. The number of benzene rings is 2. The molecule has 0 N–H and O–H groups in total. The molecule has 1 aromatic heterocycles. The van der Waals surface area contributed by atoms with E-state index in [1.807, 2.05) is 18.7 Å². The second-order valence-electron chi connectivity index (χ2n) is 9.61. The quantitative estimate of drug-likeness (QED) is 0.220. The molecule has 0 aliphatic rings. The summed E-state index contributed by atoms with van der Waals surface area (Å²) in [4.78, 5) is 7.11. The number of aromatic nitrogens is 2. The highest BCUT2D eigenvalue weighted by molar-refractivity contribution is 5.59. The van der Waals surface area contributed by atoms with Gasteiger partial charge in [0, 0.05) is 38.8 Å². The number of unbranched alkanes of at least 4 members (excludes halogenated alkanes) is 1. The maximum atomic E-state index is 13.9. The van der Waals surface area contributed by atoms with Crippen molar-refractivity contribution in [1.29, 1.82) is 0 Å². The number of alkyl halides is 9. The van der Waals surface area contributed by atoms with Crippen molar-refractivity contribution in [3.63, 3.8) is 0 Å². The zero-order chi connectivity index (χ0) is 30.8. The summed E-state index contributed by atoms with van der Waals surface area (Å²) in [6.45, 7) is 6.55. The normalized spacial score (nSPS) is 12.6. The van der Waals surface area contributed by atoms with Crippen LogP contribution in [0.2, 0.25) is 0 Å². The van der Waals surface area contributed by atoms with Crippen molar-refractivity contribution in [2.45, 2.75) is 72.2 Å². The molecule has 0 fully saturated rings. The van der Waals surface area contributed by atoms with Crippen molar-refractivity contribution in [1.82, 2.24) is 10.1 Å². The molecule has 3 aromatic rings. The van der Waals surface area contributed by atoms with Crippen molar-refractivity contribution < 1.29 is 44.0 Å². The monoisotopic (exact) mass is 596 g/mol. The van der Waals surface area contributed by atoms with Gasteiger partial charge >= 0.3 is 18.5 Å². The van der Waals surface area contributed by atoms with E-state index in [1.54, 1.807) is 0 Å². The Labute approximate surface area is 230 Å². The Balaban J connectivity index is 2.17. The second-order valence-corrected chi connectivity index (χ2v) is 9.61. The third kappa shape index (κ3) is 8.07. The molecule has 0 saturated heterocycles. The van der Waals surface area contributed by atoms with Crippen LogP contribution in [0.15, 0.2) is 34.9 Å². The van der Waals surface area contributed by atoms with E-state index in [0.29, 0.717) is 30.9 Å². The Morgan fingerprint density at radius 1 is 0.756 bits per heavy atom. The fourth-order valence-electron chi connectivity index (χ4n) is 4.41. The number of rotatable bonds is 10. The summed E-state index contributed by atoms with van der Waals surface area (Å²) in [5.41, 5.74) is -3.76. The molecule has 5 nitrogen and oxygen atoms in total. The molecule has 0 bridgehead atoms. The molecule has 0 radical (unpaired) electrons. The highest BCUT2D eigenvalue weighted by Crippen LogP contribution is 2.39. The topological polar surface area (TPSA) is 45.4 Å². The average molecular weight is 597 g/mol. The molecule has 41 heavy (non-hydrogen) atoms. The lowest BCUT2D eigenvalue weighted by Gasteiger charge is -2.30. The van der Waals surface area contributed by atoms with Crippen molar-refractivity contribution >= 4 is 11.6 Å². The lowest BCUT2D eigenvalue weighted by molar-refractivity contribution is -0.143. The summed E-state index contributed by atoms with van der Waals surface area (Å²) in [5.74, 6) is -0.159. The molecule has 2 aromatic carbocycles. The van der Waals surface area contributed by atoms with Crippen LogP contribution in [0.4, 0.5) is 51.1 Å². The Bertz CT molecular complexity index is 1300. The van der Waals surface area contributed by atoms with Gasteiger partial charge in [0.25, 0.3) is 5.95 Å². The van der Waals surface area contributed by atoms with Gasteiger partial charge in [-0.15, -0.1) is 0 Å². The lowest BCUT2D eigenvalue weighted by atomic mass is 10.00. The van der Waals surface area contributed by atoms with E-state index in [0.717, 1.165) is 18.9 Å². The molecule has 3 rings (SSSR count). The van der Waals surface area contributed by atoms with Gasteiger partial charge in [0.1, 0.15) is 0 Å². The van der Waals surface area contributed by atoms with E-state index in [2.05, 4.69) is 10.1 Å². The first kappa shape index (κ1) is 32.1. The minimum atomic E-state index is -5.07. The zero-order valence-electron chi connectivity index (χ0n) is 22.7. The molecule has 0 aliphatic heterocycles. The third-order valence-corrected chi connectivity index (χ3v) is 6.42. The van der Waals surface area contributed by atoms with Gasteiger partial charge in [-0.2, -0.15) is 44.5 Å². The molecule has 0 aliphatic carbocycles. The summed E-state index contributed by atoms with van der Waals surface area (Å²) in [7, 11) is 0. The maximum absolute atomic E-state index is 13.9. The molecular formula is C27H29F9N4O. The van der Waals surface area contributed by atoms with Gasteiger partial charge in [-0.25, -0.2) is 0 Å². The minimum Gasteiger partial charge on any atom is -0.372 e. The van der Waals surface area contributed by atoms with E-state index >= 15 is 0 Å².